The molecule has 0 saturated heterocycles. The van der Waals surface area contributed by atoms with Gasteiger partial charge in [0.25, 0.3) is 0 Å². The van der Waals surface area contributed by atoms with Gasteiger partial charge in [0.15, 0.2) is 0 Å². The number of hydrogen-bond donors (Lipinski definition) is 1. The van der Waals surface area contributed by atoms with E-state index in [2.05, 4.69) is 4.99 Å². The average molecular weight is 192 g/mol. The summed E-state index contributed by atoms with van der Waals surface area (Å²) in [5, 5.41) is 1.82. The molecule has 74 valence electrons. The molecule has 0 saturated carbocycles. The van der Waals surface area contributed by atoms with Gasteiger partial charge in [0.1, 0.15) is 5.82 Å². The molecule has 1 aromatic carbocycles. The molecule has 1 heterocycles. The lowest BCUT2D eigenvalue weighted by atomic mass is 10.0. The summed E-state index contributed by atoms with van der Waals surface area (Å²) in [6.07, 6.45) is 0.793. The van der Waals surface area contributed by atoms with Gasteiger partial charge in [-0.15, -0.1) is 0 Å². The van der Waals surface area contributed by atoms with Gasteiger partial charge in [-0.25, -0.2) is 4.39 Å². The maximum Gasteiger partial charge on any atom is 0.123 e. The Morgan fingerprint density at radius 2 is 2.29 bits per heavy atom. The fourth-order valence-electron chi connectivity index (χ4n) is 1.89. The highest BCUT2D eigenvalue weighted by molar-refractivity contribution is 5.52. The van der Waals surface area contributed by atoms with E-state index in [1.54, 1.807) is 12.1 Å². The molecule has 0 bridgehead atoms. The quantitative estimate of drug-likeness (QED) is 0.721. The molecule has 1 aliphatic heterocycles. The van der Waals surface area contributed by atoms with Crippen LogP contribution in [-0.4, -0.2) is 12.6 Å². The number of hydrogen-bond acceptors (Lipinski definition) is 2. The lowest BCUT2D eigenvalue weighted by Crippen LogP contribution is -2.24. The number of fused-ring (bicyclic) bond motifs is 1. The first-order valence-corrected chi connectivity index (χ1v) is 4.79. The van der Waals surface area contributed by atoms with Crippen LogP contribution >= 0.6 is 0 Å². The molecule has 0 aromatic heterocycles. The summed E-state index contributed by atoms with van der Waals surface area (Å²) < 4.78 is 13.0. The molecule has 0 amide bonds. The van der Waals surface area contributed by atoms with Crippen LogP contribution in [-0.2, 0) is 0 Å². The summed E-state index contributed by atoms with van der Waals surface area (Å²) in [7, 11) is 0. The smallest absolute Gasteiger partial charge is 0.123 e. The van der Waals surface area contributed by atoms with Gasteiger partial charge < -0.3 is 5.73 Å². The summed E-state index contributed by atoms with van der Waals surface area (Å²) in [6.45, 7) is 2.61. The first-order valence-electron chi connectivity index (χ1n) is 4.79. The normalized spacial score (nSPS) is 19.4. The molecule has 0 spiro atoms. The highest BCUT2D eigenvalue weighted by atomic mass is 19.1. The molecule has 2 N–H and O–H groups in total. The minimum absolute atomic E-state index is 0.148. The molecule has 0 unspecified atom stereocenters. The summed E-state index contributed by atoms with van der Waals surface area (Å²) in [5.74, 6) is -0.206. The van der Waals surface area contributed by atoms with Crippen LogP contribution in [0.5, 0.6) is 0 Å². The lowest BCUT2D eigenvalue weighted by molar-refractivity contribution is 0.626. The van der Waals surface area contributed by atoms with E-state index in [-0.39, 0.29) is 11.9 Å². The van der Waals surface area contributed by atoms with Crippen molar-refractivity contribution >= 4 is 5.57 Å². The fraction of sp³-hybridized carbons (Fsp3) is 0.364. The fourth-order valence-corrected chi connectivity index (χ4v) is 1.89. The summed E-state index contributed by atoms with van der Waals surface area (Å²) in [6, 6.07) is 4.87. The Labute approximate surface area is 82.0 Å². The van der Waals surface area contributed by atoms with Crippen molar-refractivity contribution in [1.29, 1.82) is 0 Å². The molecular formula is C11H13FN2. The van der Waals surface area contributed by atoms with Crippen LogP contribution in [0.1, 0.15) is 13.3 Å². The second kappa shape index (κ2) is 3.50. The highest BCUT2D eigenvalue weighted by Gasteiger charge is 2.14. The van der Waals surface area contributed by atoms with Gasteiger partial charge in [0.2, 0.25) is 0 Å². The second-order valence-corrected chi connectivity index (χ2v) is 3.53. The Hall–Kier alpha value is -1.22. The third-order valence-corrected chi connectivity index (χ3v) is 2.56. The Morgan fingerprint density at radius 3 is 3.00 bits per heavy atom. The zero-order valence-electron chi connectivity index (χ0n) is 8.13. The predicted octanol–water partition coefficient (Wildman–Crippen LogP) is 0.347. The average Bonchev–Trinajstić information content (AvgIpc) is 2.45. The van der Waals surface area contributed by atoms with Crippen LogP contribution in [0.4, 0.5) is 4.39 Å². The van der Waals surface area contributed by atoms with Crippen molar-refractivity contribution in [2.24, 2.45) is 10.7 Å². The number of halogens is 1. The minimum Gasteiger partial charge on any atom is -0.330 e. The van der Waals surface area contributed by atoms with E-state index in [1.807, 2.05) is 6.92 Å². The Kier molecular flexibility index (Phi) is 2.33. The molecule has 0 aliphatic carbocycles. The van der Waals surface area contributed by atoms with Crippen molar-refractivity contribution in [2.45, 2.75) is 19.4 Å². The standard InChI is InChI=1S/C11H13FN2/c1-7-9(4-5-13)10-6-8(12)2-3-11(10)14-7/h2-3,6-7H,4-5,13H2,1H3/t7-/m1/s1. The number of benzene rings is 1. The zero-order valence-corrected chi connectivity index (χ0v) is 8.13. The van der Waals surface area contributed by atoms with Gasteiger partial charge in [-0.3, -0.25) is 4.99 Å². The third-order valence-electron chi connectivity index (χ3n) is 2.56. The van der Waals surface area contributed by atoms with Crippen LogP contribution < -0.4 is 16.3 Å². The molecule has 1 aromatic rings. The van der Waals surface area contributed by atoms with Crippen LogP contribution in [0.15, 0.2) is 23.2 Å². The number of nitrogens with zero attached hydrogens (tertiary/aromatic N) is 1. The zero-order chi connectivity index (χ0) is 10.1. The van der Waals surface area contributed by atoms with Crippen molar-refractivity contribution in [1.82, 2.24) is 0 Å². The van der Waals surface area contributed by atoms with Gasteiger partial charge in [-0.05, 0) is 43.7 Å². The van der Waals surface area contributed by atoms with Gasteiger partial charge in [0.05, 0.1) is 11.4 Å². The van der Waals surface area contributed by atoms with Crippen LogP contribution in [0.3, 0.4) is 0 Å². The lowest BCUT2D eigenvalue weighted by Gasteiger charge is -2.04. The molecular weight excluding hydrogens is 179 g/mol. The van der Waals surface area contributed by atoms with E-state index in [1.165, 1.54) is 6.07 Å². The first-order chi connectivity index (χ1) is 6.72. The third kappa shape index (κ3) is 1.44. The molecule has 2 rings (SSSR count). The largest absolute Gasteiger partial charge is 0.330 e. The molecule has 2 nitrogen and oxygen atoms in total. The van der Waals surface area contributed by atoms with Crippen molar-refractivity contribution in [3.8, 4) is 0 Å². The maximum atomic E-state index is 13.0. The van der Waals surface area contributed by atoms with Crippen molar-refractivity contribution in [3.63, 3.8) is 0 Å². The van der Waals surface area contributed by atoms with Crippen LogP contribution in [0.2, 0.25) is 0 Å². The topological polar surface area (TPSA) is 38.4 Å². The van der Waals surface area contributed by atoms with Crippen LogP contribution in [0, 0.1) is 5.82 Å². The number of nitrogens with two attached hydrogens (primary N) is 1. The molecule has 14 heavy (non-hydrogen) atoms. The van der Waals surface area contributed by atoms with E-state index in [4.69, 9.17) is 5.73 Å². The Balaban J connectivity index is 2.66. The van der Waals surface area contributed by atoms with Crippen molar-refractivity contribution < 1.29 is 4.39 Å². The molecule has 0 radical (unpaired) electrons. The Bertz CT molecular complexity index is 465. The van der Waals surface area contributed by atoms with Gasteiger partial charge in [-0.2, -0.15) is 0 Å². The SMILES string of the molecule is C[C@H]1N=c2ccc(F)cc2=C1CCN. The first kappa shape index (κ1) is 9.34. The molecule has 1 aliphatic rings. The van der Waals surface area contributed by atoms with Crippen molar-refractivity contribution in [3.05, 3.63) is 34.6 Å². The summed E-state index contributed by atoms with van der Waals surface area (Å²) in [5.41, 5.74) is 6.66. The molecule has 0 fully saturated rings. The van der Waals surface area contributed by atoms with E-state index < -0.39 is 0 Å². The van der Waals surface area contributed by atoms with E-state index in [0.717, 1.165) is 22.6 Å². The summed E-state index contributed by atoms with van der Waals surface area (Å²) in [4.78, 5) is 4.43. The van der Waals surface area contributed by atoms with Gasteiger partial charge >= 0.3 is 0 Å². The van der Waals surface area contributed by atoms with E-state index >= 15 is 0 Å². The van der Waals surface area contributed by atoms with Crippen LogP contribution in [0.25, 0.3) is 5.57 Å². The minimum atomic E-state index is -0.206. The van der Waals surface area contributed by atoms with Gasteiger partial charge in [0, 0.05) is 5.22 Å². The predicted molar refractivity (Wildman–Crippen MR) is 53.7 cm³/mol. The molecule has 3 heteroatoms. The summed E-state index contributed by atoms with van der Waals surface area (Å²) >= 11 is 0. The highest BCUT2D eigenvalue weighted by Crippen LogP contribution is 2.11. The van der Waals surface area contributed by atoms with Gasteiger partial charge in [-0.1, -0.05) is 0 Å². The van der Waals surface area contributed by atoms with E-state index in [9.17, 15) is 4.39 Å². The Morgan fingerprint density at radius 1 is 1.50 bits per heavy atom. The molecule has 1 atom stereocenters. The van der Waals surface area contributed by atoms with Crippen molar-refractivity contribution in [2.75, 3.05) is 6.54 Å². The number of rotatable bonds is 2. The monoisotopic (exact) mass is 192 g/mol. The second-order valence-electron chi connectivity index (χ2n) is 3.53. The maximum absolute atomic E-state index is 13.0. The van der Waals surface area contributed by atoms with E-state index in [0.29, 0.717) is 6.54 Å².